The van der Waals surface area contributed by atoms with E-state index in [0.717, 1.165) is 43.9 Å². The van der Waals surface area contributed by atoms with Crippen LogP contribution in [-0.2, 0) is 13.0 Å². The molecule has 3 nitrogen and oxygen atoms in total. The summed E-state index contributed by atoms with van der Waals surface area (Å²) in [5, 5.41) is 3.39. The third kappa shape index (κ3) is 5.58. The highest BCUT2D eigenvalue weighted by Crippen LogP contribution is 2.20. The normalized spacial score (nSPS) is 11.8. The quantitative estimate of drug-likeness (QED) is 0.786. The molecule has 0 atom stereocenters. The Morgan fingerprint density at radius 3 is 2.56 bits per heavy atom. The van der Waals surface area contributed by atoms with E-state index in [1.165, 1.54) is 5.56 Å². The number of hydrogen-bond acceptors (Lipinski definition) is 3. The lowest BCUT2D eigenvalue weighted by molar-refractivity contribution is 0.374. The largest absolute Gasteiger partial charge is 0.313 e. The van der Waals surface area contributed by atoms with Gasteiger partial charge in [-0.25, -0.2) is 9.97 Å². The first-order valence-corrected chi connectivity index (χ1v) is 6.94. The van der Waals surface area contributed by atoms with Crippen LogP contribution in [0.4, 0.5) is 0 Å². The smallest absolute Gasteiger partial charge is 0.128 e. The lowest BCUT2D eigenvalue weighted by Gasteiger charge is -2.17. The average Bonchev–Trinajstić information content (AvgIpc) is 2.28. The molecule has 0 saturated carbocycles. The van der Waals surface area contributed by atoms with Gasteiger partial charge in [-0.1, -0.05) is 27.7 Å². The van der Waals surface area contributed by atoms with Crippen molar-refractivity contribution in [2.75, 3.05) is 6.54 Å². The number of nitrogens with zero attached hydrogens (tertiary/aromatic N) is 2. The molecule has 1 rings (SSSR count). The second-order valence-corrected chi connectivity index (χ2v) is 6.13. The van der Waals surface area contributed by atoms with Crippen LogP contribution in [0.25, 0.3) is 0 Å². The van der Waals surface area contributed by atoms with Crippen LogP contribution in [0, 0.1) is 12.3 Å². The topological polar surface area (TPSA) is 37.8 Å². The van der Waals surface area contributed by atoms with Crippen molar-refractivity contribution < 1.29 is 0 Å². The Balaban J connectivity index is 2.56. The molecule has 102 valence electrons. The molecular weight excluding hydrogens is 222 g/mol. The molecule has 0 aliphatic rings. The van der Waals surface area contributed by atoms with Crippen LogP contribution in [0.15, 0.2) is 6.20 Å². The lowest BCUT2D eigenvalue weighted by atomic mass is 9.90. The summed E-state index contributed by atoms with van der Waals surface area (Å²) in [6, 6.07) is 0. The van der Waals surface area contributed by atoms with Crippen LogP contribution >= 0.6 is 0 Å². The SMILES string of the molecule is CCCNCc1cnc(CCC(C)(C)C)nc1C. The minimum Gasteiger partial charge on any atom is -0.313 e. The van der Waals surface area contributed by atoms with Crippen LogP contribution in [0.3, 0.4) is 0 Å². The zero-order valence-corrected chi connectivity index (χ0v) is 12.5. The van der Waals surface area contributed by atoms with E-state index >= 15 is 0 Å². The van der Waals surface area contributed by atoms with Crippen molar-refractivity contribution in [3.8, 4) is 0 Å². The first-order valence-electron chi connectivity index (χ1n) is 6.94. The molecule has 18 heavy (non-hydrogen) atoms. The number of hydrogen-bond donors (Lipinski definition) is 1. The first kappa shape index (κ1) is 15.1. The Kier molecular flexibility index (Phi) is 5.73. The van der Waals surface area contributed by atoms with E-state index in [1.807, 2.05) is 6.20 Å². The van der Waals surface area contributed by atoms with Gasteiger partial charge in [0.25, 0.3) is 0 Å². The summed E-state index contributed by atoms with van der Waals surface area (Å²) >= 11 is 0. The summed E-state index contributed by atoms with van der Waals surface area (Å²) in [5.74, 6) is 0.974. The molecule has 0 radical (unpaired) electrons. The van der Waals surface area contributed by atoms with Crippen LogP contribution in [0.1, 0.15) is 57.6 Å². The van der Waals surface area contributed by atoms with Gasteiger partial charge in [-0.15, -0.1) is 0 Å². The molecule has 0 bridgehead atoms. The van der Waals surface area contributed by atoms with Crippen LogP contribution in [0.2, 0.25) is 0 Å². The second kappa shape index (κ2) is 6.83. The molecule has 1 aromatic heterocycles. The highest BCUT2D eigenvalue weighted by atomic mass is 14.9. The van der Waals surface area contributed by atoms with Gasteiger partial charge >= 0.3 is 0 Å². The van der Waals surface area contributed by atoms with Crippen molar-refractivity contribution in [1.82, 2.24) is 15.3 Å². The maximum atomic E-state index is 4.60. The Morgan fingerprint density at radius 1 is 1.28 bits per heavy atom. The monoisotopic (exact) mass is 249 g/mol. The van der Waals surface area contributed by atoms with Crippen molar-refractivity contribution in [1.29, 1.82) is 0 Å². The van der Waals surface area contributed by atoms with Gasteiger partial charge in [-0.3, -0.25) is 0 Å². The van der Waals surface area contributed by atoms with E-state index in [1.54, 1.807) is 0 Å². The Labute approximate surface area is 111 Å². The summed E-state index contributed by atoms with van der Waals surface area (Å²) in [6.45, 7) is 12.9. The molecule has 1 heterocycles. The van der Waals surface area contributed by atoms with Gasteiger partial charge in [0.2, 0.25) is 0 Å². The number of rotatable bonds is 6. The van der Waals surface area contributed by atoms with Crippen molar-refractivity contribution in [2.24, 2.45) is 5.41 Å². The van der Waals surface area contributed by atoms with Crippen LogP contribution < -0.4 is 5.32 Å². The minimum absolute atomic E-state index is 0.346. The maximum absolute atomic E-state index is 4.60. The third-order valence-corrected chi connectivity index (χ3v) is 2.97. The van der Waals surface area contributed by atoms with E-state index in [-0.39, 0.29) is 0 Å². The van der Waals surface area contributed by atoms with Crippen molar-refractivity contribution in [3.05, 3.63) is 23.3 Å². The molecule has 0 aromatic carbocycles. The van der Waals surface area contributed by atoms with Gasteiger partial charge in [-0.05, 0) is 31.7 Å². The summed E-state index contributed by atoms with van der Waals surface area (Å²) in [5.41, 5.74) is 2.67. The zero-order valence-electron chi connectivity index (χ0n) is 12.5. The maximum Gasteiger partial charge on any atom is 0.128 e. The fraction of sp³-hybridized carbons (Fsp3) is 0.733. The molecule has 0 fully saturated rings. The van der Waals surface area contributed by atoms with Gasteiger partial charge in [0.15, 0.2) is 0 Å². The number of nitrogens with one attached hydrogen (secondary N) is 1. The zero-order chi connectivity index (χ0) is 13.6. The fourth-order valence-corrected chi connectivity index (χ4v) is 1.72. The summed E-state index contributed by atoms with van der Waals surface area (Å²) in [7, 11) is 0. The highest BCUT2D eigenvalue weighted by Gasteiger charge is 2.11. The molecule has 0 saturated heterocycles. The molecule has 3 heteroatoms. The molecule has 0 aliphatic carbocycles. The van der Waals surface area contributed by atoms with Crippen molar-refractivity contribution in [2.45, 2.75) is 60.4 Å². The lowest BCUT2D eigenvalue weighted by Crippen LogP contribution is -2.16. The van der Waals surface area contributed by atoms with Crippen molar-refractivity contribution in [3.63, 3.8) is 0 Å². The molecule has 1 aromatic rings. The fourth-order valence-electron chi connectivity index (χ4n) is 1.72. The Hall–Kier alpha value is -0.960. The standard InChI is InChI=1S/C15H27N3/c1-6-9-16-10-13-11-17-14(18-12(13)2)7-8-15(3,4)5/h11,16H,6-10H2,1-5H3. The van der Waals surface area contributed by atoms with Crippen molar-refractivity contribution >= 4 is 0 Å². The van der Waals surface area contributed by atoms with Crippen LogP contribution in [-0.4, -0.2) is 16.5 Å². The average molecular weight is 249 g/mol. The summed E-state index contributed by atoms with van der Waals surface area (Å²) in [4.78, 5) is 9.07. The molecule has 1 N–H and O–H groups in total. The van der Waals surface area contributed by atoms with Gasteiger partial charge in [-0.2, -0.15) is 0 Å². The second-order valence-electron chi connectivity index (χ2n) is 6.13. The van der Waals surface area contributed by atoms with E-state index in [0.29, 0.717) is 5.41 Å². The number of aromatic nitrogens is 2. The molecular formula is C15H27N3. The first-order chi connectivity index (χ1) is 8.42. The summed E-state index contributed by atoms with van der Waals surface area (Å²) in [6.07, 6.45) is 5.22. The molecule has 0 amide bonds. The summed E-state index contributed by atoms with van der Waals surface area (Å²) < 4.78 is 0. The van der Waals surface area contributed by atoms with E-state index < -0.39 is 0 Å². The van der Waals surface area contributed by atoms with Gasteiger partial charge < -0.3 is 5.32 Å². The van der Waals surface area contributed by atoms with E-state index in [4.69, 9.17) is 0 Å². The van der Waals surface area contributed by atoms with Gasteiger partial charge in [0.1, 0.15) is 5.82 Å². The van der Waals surface area contributed by atoms with Crippen LogP contribution in [0.5, 0.6) is 0 Å². The minimum atomic E-state index is 0.346. The molecule has 0 aliphatic heterocycles. The predicted molar refractivity (Wildman–Crippen MR) is 76.5 cm³/mol. The van der Waals surface area contributed by atoms with E-state index in [9.17, 15) is 0 Å². The molecule has 0 spiro atoms. The Morgan fingerprint density at radius 2 is 2.00 bits per heavy atom. The van der Waals surface area contributed by atoms with Gasteiger partial charge in [0.05, 0.1) is 0 Å². The molecule has 0 unspecified atom stereocenters. The predicted octanol–water partition coefficient (Wildman–Crippen LogP) is 3.26. The Bertz CT molecular complexity index is 366. The number of aryl methyl sites for hydroxylation is 2. The third-order valence-electron chi connectivity index (χ3n) is 2.97. The van der Waals surface area contributed by atoms with Gasteiger partial charge in [0, 0.05) is 30.4 Å². The van der Waals surface area contributed by atoms with E-state index in [2.05, 4.69) is 49.9 Å². The highest BCUT2D eigenvalue weighted by molar-refractivity contribution is 5.16.